The van der Waals surface area contributed by atoms with E-state index in [1.807, 2.05) is 0 Å². The van der Waals surface area contributed by atoms with Crippen molar-refractivity contribution in [2.45, 2.75) is 0 Å². The quantitative estimate of drug-likeness (QED) is 0.764. The highest BCUT2D eigenvalue weighted by Crippen LogP contribution is 2.27. The molecule has 92 valence electrons. The number of ether oxygens (including phenoxy) is 3. The summed E-state index contributed by atoms with van der Waals surface area (Å²) in [4.78, 5) is 10.2. The van der Waals surface area contributed by atoms with Gasteiger partial charge < -0.3 is 19.3 Å². The van der Waals surface area contributed by atoms with Gasteiger partial charge in [-0.2, -0.15) is 0 Å². The Hall–Kier alpha value is -2.17. The lowest BCUT2D eigenvalue weighted by atomic mass is 10.3. The zero-order valence-corrected chi connectivity index (χ0v) is 9.67. The van der Waals surface area contributed by atoms with Crippen molar-refractivity contribution in [1.82, 2.24) is 0 Å². The summed E-state index contributed by atoms with van der Waals surface area (Å²) in [5.74, 6) is 0.774. The Bertz CT molecular complexity index is 389. The molecule has 0 aliphatic carbocycles. The number of hydrogen-bond donors (Lipinski definition) is 1. The molecule has 0 aromatic heterocycles. The molecule has 1 rings (SSSR count). The summed E-state index contributed by atoms with van der Waals surface area (Å²) in [6, 6.07) is 5.11. The number of hydrogen-bond acceptors (Lipinski definition) is 4. The van der Waals surface area contributed by atoms with Crippen molar-refractivity contribution >= 4 is 5.97 Å². The highest BCUT2D eigenvalue weighted by molar-refractivity contribution is 5.79. The van der Waals surface area contributed by atoms with Gasteiger partial charge in [0, 0.05) is 24.3 Å². The van der Waals surface area contributed by atoms with Gasteiger partial charge in [-0.15, -0.1) is 0 Å². The molecule has 1 N–H and O–H groups in total. The van der Waals surface area contributed by atoms with Crippen LogP contribution in [0.15, 0.2) is 30.4 Å². The number of rotatable bonds is 6. The Morgan fingerprint density at radius 2 is 1.71 bits per heavy atom. The fourth-order valence-electron chi connectivity index (χ4n) is 1.16. The molecule has 0 aliphatic rings. The van der Waals surface area contributed by atoms with Crippen molar-refractivity contribution in [2.24, 2.45) is 0 Å². The minimum Gasteiger partial charge on any atom is -0.496 e. The van der Waals surface area contributed by atoms with Gasteiger partial charge in [-0.1, -0.05) is 0 Å². The van der Waals surface area contributed by atoms with Gasteiger partial charge in [0.1, 0.15) is 23.9 Å². The van der Waals surface area contributed by atoms with Crippen LogP contribution in [-0.4, -0.2) is 31.9 Å². The minimum absolute atomic E-state index is 0.169. The van der Waals surface area contributed by atoms with Crippen LogP contribution in [0.1, 0.15) is 0 Å². The molecule has 0 aliphatic heterocycles. The third-order valence-corrected chi connectivity index (χ3v) is 1.93. The Balaban J connectivity index is 2.66. The number of methoxy groups -OCH3 is 2. The molecule has 0 unspecified atom stereocenters. The molecule has 0 bridgehead atoms. The average molecular weight is 238 g/mol. The second-order valence-electron chi connectivity index (χ2n) is 3.10. The number of aliphatic carboxylic acids is 1. The largest absolute Gasteiger partial charge is 0.496 e. The van der Waals surface area contributed by atoms with Gasteiger partial charge in [-0.25, -0.2) is 4.79 Å². The van der Waals surface area contributed by atoms with Crippen molar-refractivity contribution in [2.75, 3.05) is 20.8 Å². The Kier molecular flexibility index (Phi) is 4.87. The highest BCUT2D eigenvalue weighted by atomic mass is 16.5. The highest BCUT2D eigenvalue weighted by Gasteiger charge is 2.01. The van der Waals surface area contributed by atoms with Crippen LogP contribution in [-0.2, 0) is 4.79 Å². The van der Waals surface area contributed by atoms with E-state index in [2.05, 4.69) is 0 Å². The molecular weight excluding hydrogens is 224 g/mol. The fourth-order valence-corrected chi connectivity index (χ4v) is 1.16. The molecule has 0 radical (unpaired) electrons. The number of benzene rings is 1. The summed E-state index contributed by atoms with van der Waals surface area (Å²) in [5.41, 5.74) is 0. The maximum absolute atomic E-state index is 10.2. The average Bonchev–Trinajstić information content (AvgIpc) is 2.34. The molecule has 1 aromatic carbocycles. The minimum atomic E-state index is -1.00. The molecule has 0 saturated carbocycles. The van der Waals surface area contributed by atoms with Crippen LogP contribution in [0.5, 0.6) is 17.2 Å². The van der Waals surface area contributed by atoms with E-state index in [4.69, 9.17) is 19.3 Å². The van der Waals surface area contributed by atoms with E-state index in [9.17, 15) is 4.79 Å². The lowest BCUT2D eigenvalue weighted by Gasteiger charge is -2.08. The van der Waals surface area contributed by atoms with E-state index in [1.54, 1.807) is 32.4 Å². The SMILES string of the molecule is COc1cc(OC)cc(OC/C=C/C(=O)O)c1. The van der Waals surface area contributed by atoms with E-state index in [-0.39, 0.29) is 6.61 Å². The summed E-state index contributed by atoms with van der Waals surface area (Å²) < 4.78 is 15.5. The van der Waals surface area contributed by atoms with Crippen molar-refractivity contribution < 1.29 is 24.1 Å². The zero-order valence-electron chi connectivity index (χ0n) is 9.67. The molecule has 5 nitrogen and oxygen atoms in total. The number of carboxylic acid groups (broad SMARTS) is 1. The molecular formula is C12H14O5. The van der Waals surface area contributed by atoms with Gasteiger partial charge in [0.2, 0.25) is 0 Å². The Morgan fingerprint density at radius 1 is 1.18 bits per heavy atom. The monoisotopic (exact) mass is 238 g/mol. The van der Waals surface area contributed by atoms with Gasteiger partial charge in [0.15, 0.2) is 0 Å². The van der Waals surface area contributed by atoms with E-state index < -0.39 is 5.97 Å². The van der Waals surface area contributed by atoms with Gasteiger partial charge in [-0.05, 0) is 6.08 Å². The summed E-state index contributed by atoms with van der Waals surface area (Å²) in [6.07, 6.45) is 2.44. The normalized spacial score (nSPS) is 10.2. The molecule has 0 fully saturated rings. The molecule has 0 heterocycles. The van der Waals surface area contributed by atoms with Gasteiger partial charge >= 0.3 is 5.97 Å². The van der Waals surface area contributed by atoms with Crippen molar-refractivity contribution in [3.05, 3.63) is 30.4 Å². The second kappa shape index (κ2) is 6.42. The lowest BCUT2D eigenvalue weighted by molar-refractivity contribution is -0.131. The van der Waals surface area contributed by atoms with Gasteiger partial charge in [0.25, 0.3) is 0 Å². The summed E-state index contributed by atoms with van der Waals surface area (Å²) >= 11 is 0. The van der Waals surface area contributed by atoms with Crippen LogP contribution in [0, 0.1) is 0 Å². The topological polar surface area (TPSA) is 65.0 Å². The van der Waals surface area contributed by atoms with Crippen LogP contribution in [0.25, 0.3) is 0 Å². The van der Waals surface area contributed by atoms with E-state index >= 15 is 0 Å². The maximum Gasteiger partial charge on any atom is 0.328 e. The first-order valence-electron chi connectivity index (χ1n) is 4.91. The number of carboxylic acids is 1. The maximum atomic E-state index is 10.2. The third-order valence-electron chi connectivity index (χ3n) is 1.93. The van der Waals surface area contributed by atoms with Crippen molar-refractivity contribution in [3.8, 4) is 17.2 Å². The molecule has 17 heavy (non-hydrogen) atoms. The Labute approximate surface area is 99.2 Å². The zero-order chi connectivity index (χ0) is 12.7. The smallest absolute Gasteiger partial charge is 0.328 e. The van der Waals surface area contributed by atoms with Gasteiger partial charge in [-0.3, -0.25) is 0 Å². The summed E-state index contributed by atoms with van der Waals surface area (Å²) in [7, 11) is 3.09. The van der Waals surface area contributed by atoms with Crippen LogP contribution in [0.4, 0.5) is 0 Å². The lowest BCUT2D eigenvalue weighted by Crippen LogP contribution is -1.97. The second-order valence-corrected chi connectivity index (χ2v) is 3.10. The summed E-state index contributed by atoms with van der Waals surface area (Å²) in [6.45, 7) is 0.169. The third kappa shape index (κ3) is 4.46. The first-order chi connectivity index (χ1) is 8.15. The van der Waals surface area contributed by atoms with Crippen LogP contribution >= 0.6 is 0 Å². The van der Waals surface area contributed by atoms with Gasteiger partial charge in [0.05, 0.1) is 14.2 Å². The van der Waals surface area contributed by atoms with E-state index in [0.29, 0.717) is 17.2 Å². The molecule has 0 atom stereocenters. The van der Waals surface area contributed by atoms with Crippen LogP contribution in [0.2, 0.25) is 0 Å². The fraction of sp³-hybridized carbons (Fsp3) is 0.250. The molecule has 5 heteroatoms. The predicted octanol–water partition coefficient (Wildman–Crippen LogP) is 1.72. The van der Waals surface area contributed by atoms with E-state index in [1.165, 1.54) is 6.08 Å². The standard InChI is InChI=1S/C12H14O5/c1-15-9-6-10(16-2)8-11(7-9)17-5-3-4-12(13)14/h3-4,6-8H,5H2,1-2H3,(H,13,14)/b4-3+. The van der Waals surface area contributed by atoms with Crippen LogP contribution < -0.4 is 14.2 Å². The molecule has 0 saturated heterocycles. The van der Waals surface area contributed by atoms with Crippen molar-refractivity contribution in [3.63, 3.8) is 0 Å². The molecule has 1 aromatic rings. The predicted molar refractivity (Wildman–Crippen MR) is 61.8 cm³/mol. The van der Waals surface area contributed by atoms with Crippen LogP contribution in [0.3, 0.4) is 0 Å². The summed E-state index contributed by atoms with van der Waals surface area (Å²) in [5, 5.41) is 8.39. The van der Waals surface area contributed by atoms with Crippen molar-refractivity contribution in [1.29, 1.82) is 0 Å². The Morgan fingerprint density at radius 3 is 2.18 bits per heavy atom. The number of carbonyl (C=O) groups is 1. The molecule has 0 amide bonds. The van der Waals surface area contributed by atoms with E-state index in [0.717, 1.165) is 6.08 Å². The first-order valence-corrected chi connectivity index (χ1v) is 4.91. The first kappa shape index (κ1) is 12.9. The molecule has 0 spiro atoms.